The average Bonchev–Trinajstić information content (AvgIpc) is 2.97. The molecule has 0 heterocycles. The van der Waals surface area contributed by atoms with Crippen molar-refractivity contribution < 1.29 is 4.74 Å². The second-order valence-corrected chi connectivity index (χ2v) is 5.61. The monoisotopic (exact) mass is 233 g/mol. The summed E-state index contributed by atoms with van der Waals surface area (Å²) in [6.07, 6.45) is 2.86. The van der Waals surface area contributed by atoms with Gasteiger partial charge in [0.15, 0.2) is 0 Å². The summed E-state index contributed by atoms with van der Waals surface area (Å²) in [5.74, 6) is 0.974. The van der Waals surface area contributed by atoms with Crippen LogP contribution in [-0.2, 0) is 0 Å². The molecule has 1 aliphatic rings. The zero-order valence-electron chi connectivity index (χ0n) is 11.3. The molecule has 2 nitrogen and oxygen atoms in total. The van der Waals surface area contributed by atoms with E-state index in [-0.39, 0.29) is 6.10 Å². The fourth-order valence-corrected chi connectivity index (χ4v) is 2.44. The lowest BCUT2D eigenvalue weighted by atomic mass is 9.92. The zero-order valence-corrected chi connectivity index (χ0v) is 11.3. The summed E-state index contributed by atoms with van der Waals surface area (Å²) < 4.78 is 5.75. The van der Waals surface area contributed by atoms with Crippen molar-refractivity contribution in [3.8, 4) is 5.75 Å². The van der Waals surface area contributed by atoms with Crippen molar-refractivity contribution in [3.05, 3.63) is 29.8 Å². The molecule has 1 atom stereocenters. The molecule has 2 rings (SSSR count). The van der Waals surface area contributed by atoms with Crippen molar-refractivity contribution in [2.24, 2.45) is 5.41 Å². The maximum Gasteiger partial charge on any atom is 0.120 e. The normalized spacial score (nSPS) is 19.1. The molecule has 0 amide bonds. The number of hydrogen-bond donors (Lipinski definition) is 1. The lowest BCUT2D eigenvalue weighted by Gasteiger charge is -2.24. The molecule has 1 aromatic carbocycles. The van der Waals surface area contributed by atoms with E-state index in [1.807, 2.05) is 13.1 Å². The van der Waals surface area contributed by atoms with Crippen LogP contribution in [0.15, 0.2) is 24.3 Å². The molecule has 1 aliphatic carbocycles. The van der Waals surface area contributed by atoms with Crippen LogP contribution in [0.5, 0.6) is 5.75 Å². The number of benzene rings is 1. The quantitative estimate of drug-likeness (QED) is 0.840. The summed E-state index contributed by atoms with van der Waals surface area (Å²) in [6, 6.07) is 8.93. The topological polar surface area (TPSA) is 21.3 Å². The van der Waals surface area contributed by atoms with Gasteiger partial charge in [0.25, 0.3) is 0 Å². The average molecular weight is 233 g/mol. The van der Waals surface area contributed by atoms with E-state index in [1.54, 1.807) is 0 Å². The molecular formula is C15H23NO. The van der Waals surface area contributed by atoms with Crippen molar-refractivity contribution in [1.29, 1.82) is 0 Å². The summed E-state index contributed by atoms with van der Waals surface area (Å²) in [6.45, 7) is 6.47. The van der Waals surface area contributed by atoms with Gasteiger partial charge in [-0.15, -0.1) is 0 Å². The third-order valence-corrected chi connectivity index (χ3v) is 3.59. The van der Waals surface area contributed by atoms with Crippen LogP contribution < -0.4 is 10.1 Å². The van der Waals surface area contributed by atoms with Gasteiger partial charge in [0, 0.05) is 6.04 Å². The molecule has 1 fully saturated rings. The number of hydrogen-bond acceptors (Lipinski definition) is 2. The minimum Gasteiger partial charge on any atom is -0.491 e. The zero-order chi connectivity index (χ0) is 12.5. The van der Waals surface area contributed by atoms with Crippen LogP contribution in [0.25, 0.3) is 0 Å². The highest BCUT2D eigenvalue weighted by Crippen LogP contribution is 2.54. The van der Waals surface area contributed by atoms with Crippen LogP contribution in [0.1, 0.15) is 45.2 Å². The summed E-state index contributed by atoms with van der Waals surface area (Å²) in [5, 5.41) is 3.45. The van der Waals surface area contributed by atoms with Crippen molar-refractivity contribution >= 4 is 0 Å². The molecule has 1 N–H and O–H groups in total. The fourth-order valence-electron chi connectivity index (χ4n) is 2.44. The van der Waals surface area contributed by atoms with Crippen LogP contribution in [-0.4, -0.2) is 13.2 Å². The van der Waals surface area contributed by atoms with Gasteiger partial charge >= 0.3 is 0 Å². The molecule has 94 valence electrons. The third kappa shape index (κ3) is 2.81. The van der Waals surface area contributed by atoms with Crippen molar-refractivity contribution in [2.45, 2.75) is 45.8 Å². The molecule has 0 aromatic heterocycles. The van der Waals surface area contributed by atoms with Gasteiger partial charge in [0.1, 0.15) is 5.75 Å². The first-order valence-electron chi connectivity index (χ1n) is 6.49. The van der Waals surface area contributed by atoms with E-state index >= 15 is 0 Å². The van der Waals surface area contributed by atoms with E-state index in [0.717, 1.165) is 5.75 Å². The van der Waals surface area contributed by atoms with Gasteiger partial charge < -0.3 is 10.1 Å². The number of nitrogens with one attached hydrogen (secondary N) is 1. The minimum atomic E-state index is 0.231. The van der Waals surface area contributed by atoms with Gasteiger partial charge in [0.05, 0.1) is 6.10 Å². The first-order valence-corrected chi connectivity index (χ1v) is 6.49. The second-order valence-electron chi connectivity index (χ2n) is 5.61. The predicted molar refractivity (Wildman–Crippen MR) is 71.3 cm³/mol. The van der Waals surface area contributed by atoms with Gasteiger partial charge in [0.2, 0.25) is 0 Å². The van der Waals surface area contributed by atoms with Gasteiger partial charge in [-0.2, -0.15) is 0 Å². The molecule has 1 aromatic rings. The van der Waals surface area contributed by atoms with Gasteiger partial charge in [-0.1, -0.05) is 19.1 Å². The van der Waals surface area contributed by atoms with Gasteiger partial charge in [-0.3, -0.25) is 0 Å². The Morgan fingerprint density at radius 3 is 2.53 bits per heavy atom. The molecule has 0 bridgehead atoms. The van der Waals surface area contributed by atoms with Crippen LogP contribution in [0, 0.1) is 5.41 Å². The molecule has 0 saturated heterocycles. The van der Waals surface area contributed by atoms with Crippen LogP contribution in [0.3, 0.4) is 0 Å². The molecule has 2 heteroatoms. The van der Waals surface area contributed by atoms with E-state index in [4.69, 9.17) is 4.74 Å². The summed E-state index contributed by atoms with van der Waals surface area (Å²) in [5.41, 5.74) is 1.77. The van der Waals surface area contributed by atoms with Crippen LogP contribution in [0.2, 0.25) is 0 Å². The van der Waals surface area contributed by atoms with Crippen molar-refractivity contribution in [2.75, 3.05) is 7.05 Å². The Labute approximate surface area is 104 Å². The Bertz CT molecular complexity index is 382. The second kappa shape index (κ2) is 4.69. The van der Waals surface area contributed by atoms with E-state index in [1.165, 1.54) is 18.4 Å². The van der Waals surface area contributed by atoms with Crippen molar-refractivity contribution in [1.82, 2.24) is 5.32 Å². The Kier molecular flexibility index (Phi) is 3.43. The number of ether oxygens (including phenoxy) is 1. The standard InChI is InChI=1S/C15H23NO/c1-11(2)17-13-7-5-6-12(10-13)14(16-4)15(3)8-9-15/h5-7,10-11,14,16H,8-9H2,1-4H3. The molecule has 1 unspecified atom stereocenters. The number of rotatable bonds is 5. The summed E-state index contributed by atoms with van der Waals surface area (Å²) >= 11 is 0. The summed E-state index contributed by atoms with van der Waals surface area (Å²) in [4.78, 5) is 0. The Morgan fingerprint density at radius 1 is 1.29 bits per heavy atom. The van der Waals surface area contributed by atoms with E-state index in [0.29, 0.717) is 11.5 Å². The minimum absolute atomic E-state index is 0.231. The summed E-state index contributed by atoms with van der Waals surface area (Å²) in [7, 11) is 2.05. The van der Waals surface area contributed by atoms with Gasteiger partial charge in [-0.05, 0) is 56.8 Å². The fraction of sp³-hybridized carbons (Fsp3) is 0.600. The lowest BCUT2D eigenvalue weighted by molar-refractivity contribution is 0.241. The third-order valence-electron chi connectivity index (χ3n) is 3.59. The van der Waals surface area contributed by atoms with Gasteiger partial charge in [-0.25, -0.2) is 0 Å². The molecule has 0 spiro atoms. The highest BCUT2D eigenvalue weighted by molar-refractivity contribution is 5.32. The maximum atomic E-state index is 5.75. The Balaban J connectivity index is 2.19. The molecule has 0 aliphatic heterocycles. The SMILES string of the molecule is CNC(c1cccc(OC(C)C)c1)C1(C)CC1. The van der Waals surface area contributed by atoms with Crippen molar-refractivity contribution in [3.63, 3.8) is 0 Å². The lowest BCUT2D eigenvalue weighted by Crippen LogP contribution is -2.24. The van der Waals surface area contributed by atoms with E-state index in [9.17, 15) is 0 Å². The first kappa shape index (κ1) is 12.4. The molecule has 1 saturated carbocycles. The Hall–Kier alpha value is -1.02. The molecular weight excluding hydrogens is 210 g/mol. The first-order chi connectivity index (χ1) is 8.05. The maximum absolute atomic E-state index is 5.75. The van der Waals surface area contributed by atoms with E-state index in [2.05, 4.69) is 44.3 Å². The largest absolute Gasteiger partial charge is 0.491 e. The van der Waals surface area contributed by atoms with Crippen LogP contribution in [0.4, 0.5) is 0 Å². The smallest absolute Gasteiger partial charge is 0.120 e. The van der Waals surface area contributed by atoms with Crippen LogP contribution >= 0.6 is 0 Å². The molecule has 17 heavy (non-hydrogen) atoms. The van der Waals surface area contributed by atoms with E-state index < -0.39 is 0 Å². The Morgan fingerprint density at radius 2 is 2.00 bits per heavy atom. The highest BCUT2D eigenvalue weighted by Gasteiger charge is 2.44. The predicted octanol–water partition coefficient (Wildman–Crippen LogP) is 3.53. The highest BCUT2D eigenvalue weighted by atomic mass is 16.5. The molecule has 0 radical (unpaired) electrons.